The van der Waals surface area contributed by atoms with Crippen molar-refractivity contribution in [3.8, 4) is 0 Å². The maximum absolute atomic E-state index is 13.4. The first kappa shape index (κ1) is 10.1. The van der Waals surface area contributed by atoms with Crippen LogP contribution < -0.4 is 0 Å². The Labute approximate surface area is 86.5 Å². The lowest BCUT2D eigenvalue weighted by Crippen LogP contribution is -2.31. The summed E-state index contributed by atoms with van der Waals surface area (Å²) in [7, 11) is 0. The second-order valence-electron chi connectivity index (χ2n) is 3.92. The first-order valence-corrected chi connectivity index (χ1v) is 4.80. The van der Waals surface area contributed by atoms with Gasteiger partial charge >= 0.3 is 0 Å². The lowest BCUT2D eigenvalue weighted by atomic mass is 10.1. The normalized spacial score (nSPS) is 15.0. The molecule has 0 saturated heterocycles. The van der Waals surface area contributed by atoms with Crippen molar-refractivity contribution in [1.82, 2.24) is 4.90 Å². The summed E-state index contributed by atoms with van der Waals surface area (Å²) in [6.07, 6.45) is 0. The molecular formula is C11H11F2NO. The number of halogens is 2. The predicted molar refractivity (Wildman–Crippen MR) is 51.4 cm³/mol. The fourth-order valence-corrected chi connectivity index (χ4v) is 1.77. The monoisotopic (exact) mass is 211 g/mol. The zero-order chi connectivity index (χ0) is 11.2. The molecule has 0 atom stereocenters. The molecule has 0 N–H and O–H groups in total. The van der Waals surface area contributed by atoms with Crippen LogP contribution in [0.5, 0.6) is 0 Å². The minimum Gasteiger partial charge on any atom is -0.332 e. The molecule has 1 heterocycles. The first-order valence-electron chi connectivity index (χ1n) is 4.80. The third-order valence-electron chi connectivity index (χ3n) is 2.62. The number of fused-ring (bicyclic) bond motifs is 1. The fraction of sp³-hybridized carbons (Fsp3) is 0.364. The number of hydrogen-bond acceptors (Lipinski definition) is 1. The Kier molecular flexibility index (Phi) is 2.21. The fourth-order valence-electron chi connectivity index (χ4n) is 1.77. The van der Waals surface area contributed by atoms with E-state index in [0.29, 0.717) is 12.1 Å². The maximum Gasteiger partial charge on any atom is 0.257 e. The highest BCUT2D eigenvalue weighted by molar-refractivity contribution is 5.98. The van der Waals surface area contributed by atoms with Crippen molar-refractivity contribution >= 4 is 5.91 Å². The van der Waals surface area contributed by atoms with Crippen LogP contribution in [0.15, 0.2) is 12.1 Å². The van der Waals surface area contributed by atoms with Crippen LogP contribution in [0.3, 0.4) is 0 Å². The molecule has 0 unspecified atom stereocenters. The van der Waals surface area contributed by atoms with Crippen LogP contribution in [0.2, 0.25) is 0 Å². The SMILES string of the molecule is CC(C)N1Cc2ccc(F)c(F)c2C1=O. The molecule has 1 amide bonds. The molecule has 0 aliphatic carbocycles. The summed E-state index contributed by atoms with van der Waals surface area (Å²) in [5, 5.41) is 0. The van der Waals surface area contributed by atoms with Gasteiger partial charge in [0.1, 0.15) is 0 Å². The van der Waals surface area contributed by atoms with Crippen molar-refractivity contribution in [3.05, 3.63) is 34.9 Å². The molecule has 1 aromatic carbocycles. The van der Waals surface area contributed by atoms with Crippen LogP contribution in [0, 0.1) is 11.6 Å². The summed E-state index contributed by atoms with van der Waals surface area (Å²) in [6.45, 7) is 4.05. The third kappa shape index (κ3) is 1.40. The van der Waals surface area contributed by atoms with Crippen molar-refractivity contribution in [3.63, 3.8) is 0 Å². The van der Waals surface area contributed by atoms with Gasteiger partial charge in [-0.05, 0) is 25.5 Å². The molecule has 0 radical (unpaired) electrons. The minimum atomic E-state index is -1.03. The Hall–Kier alpha value is -1.45. The molecule has 2 nitrogen and oxygen atoms in total. The number of carbonyl (C=O) groups is 1. The van der Waals surface area contributed by atoms with Crippen molar-refractivity contribution < 1.29 is 13.6 Å². The highest BCUT2D eigenvalue weighted by atomic mass is 19.2. The van der Waals surface area contributed by atoms with Gasteiger partial charge in [-0.15, -0.1) is 0 Å². The van der Waals surface area contributed by atoms with Gasteiger partial charge in [0.15, 0.2) is 11.6 Å². The number of carbonyl (C=O) groups excluding carboxylic acids is 1. The van der Waals surface area contributed by atoms with Crippen LogP contribution in [0.1, 0.15) is 29.8 Å². The van der Waals surface area contributed by atoms with E-state index in [0.717, 1.165) is 6.07 Å². The summed E-state index contributed by atoms with van der Waals surface area (Å²) in [4.78, 5) is 13.3. The van der Waals surface area contributed by atoms with Gasteiger partial charge in [-0.2, -0.15) is 0 Å². The van der Waals surface area contributed by atoms with Gasteiger partial charge in [0, 0.05) is 12.6 Å². The summed E-state index contributed by atoms with van der Waals surface area (Å²) < 4.78 is 26.3. The lowest BCUT2D eigenvalue weighted by Gasteiger charge is -2.19. The van der Waals surface area contributed by atoms with E-state index < -0.39 is 17.5 Å². The first-order chi connectivity index (χ1) is 7.02. The van der Waals surface area contributed by atoms with Gasteiger partial charge in [-0.1, -0.05) is 6.07 Å². The Morgan fingerprint density at radius 3 is 2.60 bits per heavy atom. The molecule has 80 valence electrons. The van der Waals surface area contributed by atoms with Crippen molar-refractivity contribution in [2.75, 3.05) is 0 Å². The van der Waals surface area contributed by atoms with E-state index in [4.69, 9.17) is 0 Å². The van der Waals surface area contributed by atoms with Crippen LogP contribution in [0.4, 0.5) is 8.78 Å². The molecule has 4 heteroatoms. The van der Waals surface area contributed by atoms with E-state index in [2.05, 4.69) is 0 Å². The Balaban J connectivity index is 2.51. The maximum atomic E-state index is 13.4. The third-order valence-corrected chi connectivity index (χ3v) is 2.62. The molecule has 1 aliphatic rings. The number of nitrogens with zero attached hydrogens (tertiary/aromatic N) is 1. The van der Waals surface area contributed by atoms with Gasteiger partial charge < -0.3 is 4.90 Å². The van der Waals surface area contributed by atoms with E-state index in [-0.39, 0.29) is 11.6 Å². The van der Waals surface area contributed by atoms with Crippen molar-refractivity contribution in [1.29, 1.82) is 0 Å². The summed E-state index contributed by atoms with van der Waals surface area (Å²) in [5.41, 5.74) is 0.455. The summed E-state index contributed by atoms with van der Waals surface area (Å²) >= 11 is 0. The van der Waals surface area contributed by atoms with Crippen LogP contribution >= 0.6 is 0 Å². The standard InChI is InChI=1S/C11H11F2NO/c1-6(2)14-5-7-3-4-8(12)10(13)9(7)11(14)15/h3-4,6H,5H2,1-2H3. The average Bonchev–Trinajstić information content (AvgIpc) is 2.50. The zero-order valence-electron chi connectivity index (χ0n) is 8.55. The Bertz CT molecular complexity index is 429. The quantitative estimate of drug-likeness (QED) is 0.698. The van der Waals surface area contributed by atoms with E-state index in [9.17, 15) is 13.6 Å². The smallest absolute Gasteiger partial charge is 0.257 e. The molecule has 0 saturated carbocycles. The highest BCUT2D eigenvalue weighted by Crippen LogP contribution is 2.27. The Morgan fingerprint density at radius 2 is 2.00 bits per heavy atom. The number of benzene rings is 1. The molecule has 0 spiro atoms. The van der Waals surface area contributed by atoms with Gasteiger partial charge in [-0.25, -0.2) is 8.78 Å². The number of amides is 1. The van der Waals surface area contributed by atoms with E-state index in [1.165, 1.54) is 11.0 Å². The van der Waals surface area contributed by atoms with Gasteiger partial charge in [-0.3, -0.25) is 4.79 Å². The lowest BCUT2D eigenvalue weighted by molar-refractivity contribution is 0.0726. The summed E-state index contributed by atoms with van der Waals surface area (Å²) in [6, 6.07) is 2.52. The molecule has 0 aromatic heterocycles. The van der Waals surface area contributed by atoms with Crippen LogP contribution in [0.25, 0.3) is 0 Å². The number of rotatable bonds is 1. The molecule has 1 aliphatic heterocycles. The molecule has 0 bridgehead atoms. The van der Waals surface area contributed by atoms with E-state index in [1.54, 1.807) is 0 Å². The largest absolute Gasteiger partial charge is 0.332 e. The van der Waals surface area contributed by atoms with Gasteiger partial charge in [0.25, 0.3) is 5.91 Å². The molecule has 0 fully saturated rings. The second-order valence-corrected chi connectivity index (χ2v) is 3.92. The van der Waals surface area contributed by atoms with Crippen molar-refractivity contribution in [2.45, 2.75) is 26.4 Å². The number of hydrogen-bond donors (Lipinski definition) is 0. The zero-order valence-corrected chi connectivity index (χ0v) is 8.55. The van der Waals surface area contributed by atoms with E-state index in [1.807, 2.05) is 13.8 Å². The average molecular weight is 211 g/mol. The Morgan fingerprint density at radius 1 is 1.33 bits per heavy atom. The van der Waals surface area contributed by atoms with Crippen LogP contribution in [-0.2, 0) is 6.54 Å². The summed E-state index contributed by atoms with van der Waals surface area (Å²) in [5.74, 6) is -2.41. The molecular weight excluding hydrogens is 200 g/mol. The topological polar surface area (TPSA) is 20.3 Å². The van der Waals surface area contributed by atoms with Crippen molar-refractivity contribution in [2.24, 2.45) is 0 Å². The minimum absolute atomic E-state index is 0.00707. The molecule has 15 heavy (non-hydrogen) atoms. The highest BCUT2D eigenvalue weighted by Gasteiger charge is 2.33. The van der Waals surface area contributed by atoms with Gasteiger partial charge in [0.05, 0.1) is 5.56 Å². The van der Waals surface area contributed by atoms with Gasteiger partial charge in [0.2, 0.25) is 0 Å². The predicted octanol–water partition coefficient (Wildman–Crippen LogP) is 2.33. The molecule has 2 rings (SSSR count). The molecule has 1 aromatic rings. The van der Waals surface area contributed by atoms with Crippen LogP contribution in [-0.4, -0.2) is 16.8 Å². The second kappa shape index (κ2) is 3.29. The van der Waals surface area contributed by atoms with E-state index >= 15 is 0 Å².